The number of aliphatic hydroxyl groups is 1. The molecule has 118 valence electrons. The summed E-state index contributed by atoms with van der Waals surface area (Å²) in [7, 11) is 0. The van der Waals surface area contributed by atoms with Crippen molar-refractivity contribution < 1.29 is 5.11 Å². The van der Waals surface area contributed by atoms with E-state index in [9.17, 15) is 0 Å². The van der Waals surface area contributed by atoms with E-state index in [1.165, 1.54) is 5.56 Å². The highest BCUT2D eigenvalue weighted by atomic mass is 16.3. The van der Waals surface area contributed by atoms with Crippen LogP contribution in [0.1, 0.15) is 11.1 Å². The molecule has 0 amide bonds. The van der Waals surface area contributed by atoms with E-state index in [1.54, 1.807) is 0 Å². The lowest BCUT2D eigenvalue weighted by molar-refractivity contribution is 0.311. The first kappa shape index (κ1) is 15.2. The molecule has 0 saturated carbocycles. The number of nitrogens with zero attached hydrogens (tertiary/aromatic N) is 2. The lowest BCUT2D eigenvalue weighted by atomic mass is 10.1. The summed E-state index contributed by atoms with van der Waals surface area (Å²) in [6, 6.07) is 14.1. The van der Waals surface area contributed by atoms with Gasteiger partial charge in [0.1, 0.15) is 5.82 Å². The van der Waals surface area contributed by atoms with Gasteiger partial charge in [-0.1, -0.05) is 24.3 Å². The second-order valence-electron chi connectivity index (χ2n) is 5.51. The quantitative estimate of drug-likeness (QED) is 0.674. The fraction of sp³-hybridized carbons (Fsp3) is 0.222. The molecule has 0 aliphatic heterocycles. The number of hydrogen-bond acceptors (Lipinski definition) is 5. The lowest BCUT2D eigenvalue weighted by Crippen LogP contribution is -2.09. The van der Waals surface area contributed by atoms with Crippen LogP contribution < -0.4 is 10.6 Å². The number of aliphatic hydroxyl groups excluding tert-OH is 1. The van der Waals surface area contributed by atoms with E-state index in [4.69, 9.17) is 5.11 Å². The van der Waals surface area contributed by atoms with Crippen molar-refractivity contribution in [3.8, 4) is 0 Å². The molecule has 1 heterocycles. The maximum absolute atomic E-state index is 9.05. The fourth-order valence-electron chi connectivity index (χ4n) is 2.43. The van der Waals surface area contributed by atoms with E-state index in [0.29, 0.717) is 12.5 Å². The molecule has 3 N–H and O–H groups in total. The number of para-hydroxylation sites is 1. The zero-order chi connectivity index (χ0) is 16.2. The molecule has 3 aromatic rings. The summed E-state index contributed by atoms with van der Waals surface area (Å²) in [6.07, 6.45) is 0. The molecule has 0 saturated heterocycles. The van der Waals surface area contributed by atoms with Gasteiger partial charge in [-0.15, -0.1) is 0 Å². The average molecular weight is 308 g/mol. The summed E-state index contributed by atoms with van der Waals surface area (Å²) >= 11 is 0. The molecule has 0 aliphatic rings. The molecule has 0 unspecified atom stereocenters. The number of nitrogens with one attached hydrogen (secondary N) is 2. The first-order chi connectivity index (χ1) is 11.2. The minimum Gasteiger partial charge on any atom is -0.395 e. The average Bonchev–Trinajstić information content (AvgIpc) is 2.56. The minimum atomic E-state index is 0.0537. The molecule has 2 aromatic carbocycles. The summed E-state index contributed by atoms with van der Waals surface area (Å²) in [5.74, 6) is 1.26. The van der Waals surface area contributed by atoms with Gasteiger partial charge in [0.25, 0.3) is 0 Å². The number of aromatic nitrogens is 2. The molecule has 0 aliphatic carbocycles. The van der Waals surface area contributed by atoms with E-state index in [2.05, 4.69) is 45.7 Å². The van der Waals surface area contributed by atoms with E-state index >= 15 is 0 Å². The highest BCUT2D eigenvalue weighted by Gasteiger charge is 2.08. The number of aryl methyl sites for hydroxylation is 2. The molecule has 0 bridgehead atoms. The van der Waals surface area contributed by atoms with Crippen molar-refractivity contribution in [1.29, 1.82) is 0 Å². The third-order valence-electron chi connectivity index (χ3n) is 3.65. The number of benzene rings is 2. The molecule has 5 nitrogen and oxygen atoms in total. The molecule has 3 rings (SSSR count). The molecule has 0 spiro atoms. The lowest BCUT2D eigenvalue weighted by Gasteiger charge is -2.13. The first-order valence-corrected chi connectivity index (χ1v) is 7.63. The van der Waals surface area contributed by atoms with Gasteiger partial charge in [0.05, 0.1) is 12.1 Å². The van der Waals surface area contributed by atoms with E-state index in [-0.39, 0.29) is 6.61 Å². The Morgan fingerprint density at radius 2 is 1.87 bits per heavy atom. The number of fused-ring (bicyclic) bond motifs is 1. The molecule has 1 aromatic heterocycles. The van der Waals surface area contributed by atoms with Crippen LogP contribution in [0, 0.1) is 13.8 Å². The van der Waals surface area contributed by atoms with Crippen molar-refractivity contribution in [3.63, 3.8) is 0 Å². The van der Waals surface area contributed by atoms with Crippen molar-refractivity contribution >= 4 is 28.4 Å². The van der Waals surface area contributed by atoms with Gasteiger partial charge in [-0.3, -0.25) is 0 Å². The van der Waals surface area contributed by atoms with Crippen LogP contribution in [0.2, 0.25) is 0 Å². The van der Waals surface area contributed by atoms with Gasteiger partial charge in [0.15, 0.2) is 0 Å². The van der Waals surface area contributed by atoms with Crippen molar-refractivity contribution in [2.45, 2.75) is 13.8 Å². The van der Waals surface area contributed by atoms with Gasteiger partial charge >= 0.3 is 0 Å². The van der Waals surface area contributed by atoms with E-state index in [1.807, 2.05) is 31.2 Å². The van der Waals surface area contributed by atoms with Crippen molar-refractivity contribution in [2.75, 3.05) is 23.8 Å². The summed E-state index contributed by atoms with van der Waals surface area (Å²) in [5, 5.41) is 16.4. The second kappa shape index (κ2) is 6.62. The fourth-order valence-corrected chi connectivity index (χ4v) is 2.43. The summed E-state index contributed by atoms with van der Waals surface area (Å²) in [6.45, 7) is 4.61. The molecule has 23 heavy (non-hydrogen) atoms. The minimum absolute atomic E-state index is 0.0537. The molecule has 5 heteroatoms. The predicted molar refractivity (Wildman–Crippen MR) is 94.3 cm³/mol. The van der Waals surface area contributed by atoms with Crippen LogP contribution in [0.4, 0.5) is 17.5 Å². The highest BCUT2D eigenvalue weighted by Crippen LogP contribution is 2.25. The summed E-state index contributed by atoms with van der Waals surface area (Å²) in [5.41, 5.74) is 4.17. The van der Waals surface area contributed by atoms with Crippen LogP contribution in [-0.2, 0) is 0 Å². The third-order valence-corrected chi connectivity index (χ3v) is 3.65. The molecular weight excluding hydrogens is 288 g/mol. The first-order valence-electron chi connectivity index (χ1n) is 7.63. The van der Waals surface area contributed by atoms with Crippen LogP contribution in [0.15, 0.2) is 42.5 Å². The van der Waals surface area contributed by atoms with E-state index in [0.717, 1.165) is 28.0 Å². The smallest absolute Gasteiger partial charge is 0.229 e. The number of anilines is 3. The maximum atomic E-state index is 9.05. The highest BCUT2D eigenvalue weighted by molar-refractivity contribution is 5.90. The summed E-state index contributed by atoms with van der Waals surface area (Å²) in [4.78, 5) is 9.15. The molecule has 0 radical (unpaired) electrons. The number of rotatable bonds is 5. The zero-order valence-electron chi connectivity index (χ0n) is 13.3. The van der Waals surface area contributed by atoms with Crippen LogP contribution >= 0.6 is 0 Å². The topological polar surface area (TPSA) is 70.1 Å². The molecular formula is C18H20N4O. The van der Waals surface area contributed by atoms with Gasteiger partial charge in [-0.2, -0.15) is 4.98 Å². The Hall–Kier alpha value is -2.66. The summed E-state index contributed by atoms with van der Waals surface area (Å²) < 4.78 is 0. The van der Waals surface area contributed by atoms with Crippen molar-refractivity contribution in [1.82, 2.24) is 9.97 Å². The van der Waals surface area contributed by atoms with Gasteiger partial charge in [0, 0.05) is 17.6 Å². The van der Waals surface area contributed by atoms with Gasteiger partial charge < -0.3 is 15.7 Å². The van der Waals surface area contributed by atoms with Crippen LogP contribution in [0.5, 0.6) is 0 Å². The molecule has 0 atom stereocenters. The van der Waals surface area contributed by atoms with Crippen LogP contribution in [-0.4, -0.2) is 28.2 Å². The zero-order valence-corrected chi connectivity index (χ0v) is 13.3. The largest absolute Gasteiger partial charge is 0.395 e. The Morgan fingerprint density at radius 3 is 2.70 bits per heavy atom. The van der Waals surface area contributed by atoms with Crippen LogP contribution in [0.3, 0.4) is 0 Å². The Morgan fingerprint density at radius 1 is 1.04 bits per heavy atom. The van der Waals surface area contributed by atoms with Crippen molar-refractivity contribution in [2.24, 2.45) is 0 Å². The third kappa shape index (κ3) is 3.40. The standard InChI is InChI=1S/C18H20N4O/c1-12-7-8-13(2)16(11-12)21-18-20-15-6-4-3-5-14(15)17(22-18)19-9-10-23/h3-8,11,23H,9-10H2,1-2H3,(H2,19,20,21,22). The SMILES string of the molecule is Cc1ccc(C)c(Nc2nc(NCCO)c3ccccc3n2)c1. The van der Waals surface area contributed by atoms with Gasteiger partial charge in [-0.25, -0.2) is 4.98 Å². The normalized spacial score (nSPS) is 10.7. The Balaban J connectivity index is 2.02. The van der Waals surface area contributed by atoms with Gasteiger partial charge in [-0.05, 0) is 43.2 Å². The second-order valence-corrected chi connectivity index (χ2v) is 5.51. The Kier molecular flexibility index (Phi) is 4.39. The Bertz CT molecular complexity index is 832. The molecule has 0 fully saturated rings. The van der Waals surface area contributed by atoms with Gasteiger partial charge in [0.2, 0.25) is 5.95 Å². The maximum Gasteiger partial charge on any atom is 0.229 e. The van der Waals surface area contributed by atoms with E-state index < -0.39 is 0 Å². The monoisotopic (exact) mass is 308 g/mol. The predicted octanol–water partition coefficient (Wildman–Crippen LogP) is 3.39. The number of hydrogen-bond donors (Lipinski definition) is 3. The van der Waals surface area contributed by atoms with Crippen LogP contribution in [0.25, 0.3) is 10.9 Å². The Labute approximate surface area is 135 Å². The van der Waals surface area contributed by atoms with Crippen molar-refractivity contribution in [3.05, 3.63) is 53.6 Å².